The Hall–Kier alpha value is -2.00. The van der Waals surface area contributed by atoms with Crippen LogP contribution in [-0.4, -0.2) is 22.5 Å². The second-order valence-electron chi connectivity index (χ2n) is 3.81. The molecule has 0 aliphatic heterocycles. The van der Waals surface area contributed by atoms with Gasteiger partial charge in [0.2, 0.25) is 0 Å². The van der Waals surface area contributed by atoms with Crippen LogP contribution in [0.3, 0.4) is 0 Å². The van der Waals surface area contributed by atoms with E-state index in [1.165, 1.54) is 24.6 Å². The molecule has 2 aromatic rings. The van der Waals surface area contributed by atoms with Crippen molar-refractivity contribution in [1.29, 1.82) is 5.26 Å². The quantitative estimate of drug-likeness (QED) is 0.790. The Morgan fingerprint density at radius 3 is 3.06 bits per heavy atom. The molecule has 2 aromatic heterocycles. The van der Waals surface area contributed by atoms with E-state index in [4.69, 9.17) is 4.74 Å². The molecule has 0 saturated carbocycles. The van der Waals surface area contributed by atoms with Crippen LogP contribution < -0.4 is 0 Å². The van der Waals surface area contributed by atoms with Gasteiger partial charge in [-0.15, -0.1) is 11.3 Å². The predicted molar refractivity (Wildman–Crippen MR) is 67.0 cm³/mol. The highest BCUT2D eigenvalue weighted by molar-refractivity contribution is 7.17. The van der Waals surface area contributed by atoms with Crippen LogP contribution in [0, 0.1) is 11.3 Å². The molecule has 0 spiro atoms. The highest BCUT2D eigenvalue weighted by atomic mass is 32.1. The summed E-state index contributed by atoms with van der Waals surface area (Å²) in [4.78, 5) is 20.2. The number of hydrogen-bond acceptors (Lipinski definition) is 6. The molecule has 18 heavy (non-hydrogen) atoms. The van der Waals surface area contributed by atoms with Crippen LogP contribution in [-0.2, 0) is 14.9 Å². The predicted octanol–water partition coefficient (Wildman–Crippen LogP) is 2.04. The number of hydrogen-bond donors (Lipinski definition) is 0. The van der Waals surface area contributed by atoms with Crippen molar-refractivity contribution in [3.05, 3.63) is 23.5 Å². The van der Waals surface area contributed by atoms with Crippen molar-refractivity contribution >= 4 is 27.5 Å². The topological polar surface area (TPSA) is 75.9 Å². The van der Waals surface area contributed by atoms with Crippen molar-refractivity contribution in [2.75, 3.05) is 6.61 Å². The average Bonchev–Trinajstić information content (AvgIpc) is 2.86. The number of ether oxygens (including phenoxy) is 1. The summed E-state index contributed by atoms with van der Waals surface area (Å²) in [5, 5.41) is 11.2. The number of esters is 1. The van der Waals surface area contributed by atoms with Gasteiger partial charge in [0, 0.05) is 0 Å². The summed E-state index contributed by atoms with van der Waals surface area (Å²) in [5.41, 5.74) is -0.263. The third-order valence-electron chi connectivity index (χ3n) is 2.62. The number of aromatic nitrogens is 2. The van der Waals surface area contributed by atoms with Gasteiger partial charge in [0.1, 0.15) is 6.33 Å². The minimum atomic E-state index is -1.40. The fourth-order valence-electron chi connectivity index (χ4n) is 1.62. The lowest BCUT2D eigenvalue weighted by Crippen LogP contribution is -2.34. The van der Waals surface area contributed by atoms with E-state index in [1.807, 2.05) is 17.5 Å². The molecule has 5 nitrogen and oxygen atoms in total. The van der Waals surface area contributed by atoms with E-state index in [0.717, 1.165) is 10.2 Å². The van der Waals surface area contributed by atoms with Crippen molar-refractivity contribution in [2.24, 2.45) is 0 Å². The van der Waals surface area contributed by atoms with Gasteiger partial charge in [-0.1, -0.05) is 0 Å². The van der Waals surface area contributed by atoms with Crippen molar-refractivity contribution in [1.82, 2.24) is 9.97 Å². The van der Waals surface area contributed by atoms with E-state index in [9.17, 15) is 10.1 Å². The zero-order valence-electron chi connectivity index (χ0n) is 10.0. The van der Waals surface area contributed by atoms with Crippen LogP contribution >= 0.6 is 11.3 Å². The van der Waals surface area contributed by atoms with Gasteiger partial charge in [0.25, 0.3) is 0 Å². The van der Waals surface area contributed by atoms with Gasteiger partial charge < -0.3 is 4.74 Å². The van der Waals surface area contributed by atoms with E-state index in [1.54, 1.807) is 6.92 Å². The van der Waals surface area contributed by atoms with E-state index in [2.05, 4.69) is 9.97 Å². The summed E-state index contributed by atoms with van der Waals surface area (Å²) in [7, 11) is 0. The minimum absolute atomic E-state index is 0.231. The number of carbonyl (C=O) groups excluding carboxylic acids is 1. The standard InChI is InChI=1S/C12H11N3O2S/c1-3-17-11(16)12(2,6-13)10-9-8(4-5-18-9)14-7-15-10/h4-5,7H,3H2,1-2H3. The van der Waals surface area contributed by atoms with Gasteiger partial charge in [0.15, 0.2) is 5.41 Å². The number of carbonyl (C=O) groups is 1. The molecular weight excluding hydrogens is 250 g/mol. The van der Waals surface area contributed by atoms with Gasteiger partial charge in [-0.25, -0.2) is 14.8 Å². The van der Waals surface area contributed by atoms with Crippen LogP contribution in [0.15, 0.2) is 17.8 Å². The first-order valence-corrected chi connectivity index (χ1v) is 6.28. The first-order chi connectivity index (χ1) is 8.63. The van der Waals surface area contributed by atoms with Gasteiger partial charge in [0.05, 0.1) is 28.6 Å². The van der Waals surface area contributed by atoms with E-state index >= 15 is 0 Å². The molecule has 1 atom stereocenters. The lowest BCUT2D eigenvalue weighted by molar-refractivity contribution is -0.147. The average molecular weight is 261 g/mol. The van der Waals surface area contributed by atoms with Crippen LogP contribution in [0.2, 0.25) is 0 Å². The fraction of sp³-hybridized carbons (Fsp3) is 0.333. The number of thiophene rings is 1. The summed E-state index contributed by atoms with van der Waals surface area (Å²) in [6, 6.07) is 3.83. The molecule has 0 N–H and O–H groups in total. The van der Waals surface area contributed by atoms with E-state index in [0.29, 0.717) is 5.69 Å². The second-order valence-corrected chi connectivity index (χ2v) is 4.73. The molecule has 0 aromatic carbocycles. The van der Waals surface area contributed by atoms with Gasteiger partial charge in [-0.2, -0.15) is 5.26 Å². The first kappa shape index (κ1) is 12.5. The Morgan fingerprint density at radius 1 is 1.61 bits per heavy atom. The Morgan fingerprint density at radius 2 is 2.39 bits per heavy atom. The fourth-order valence-corrected chi connectivity index (χ4v) is 2.56. The molecule has 0 bridgehead atoms. The SMILES string of the molecule is CCOC(=O)C(C)(C#N)c1ncnc2ccsc12. The van der Waals surface area contributed by atoms with Gasteiger partial charge in [-0.05, 0) is 25.3 Å². The maximum atomic E-state index is 12.0. The largest absolute Gasteiger partial charge is 0.465 e. The minimum Gasteiger partial charge on any atom is -0.465 e. The van der Waals surface area contributed by atoms with Crippen LogP contribution in [0.25, 0.3) is 10.2 Å². The normalized spacial score (nSPS) is 13.8. The molecule has 2 rings (SSSR count). The van der Waals surface area contributed by atoms with Crippen molar-refractivity contribution < 1.29 is 9.53 Å². The zero-order valence-corrected chi connectivity index (χ0v) is 10.8. The molecule has 1 unspecified atom stereocenters. The Bertz CT molecular complexity index is 632. The summed E-state index contributed by atoms with van der Waals surface area (Å²) >= 11 is 1.41. The Balaban J connectivity index is 2.60. The number of nitrogens with zero attached hydrogens (tertiary/aromatic N) is 3. The third-order valence-corrected chi connectivity index (χ3v) is 3.53. The Labute approximate surface area is 108 Å². The highest BCUT2D eigenvalue weighted by Crippen LogP contribution is 2.31. The molecule has 0 amide bonds. The van der Waals surface area contributed by atoms with Crippen LogP contribution in [0.4, 0.5) is 0 Å². The third kappa shape index (κ3) is 1.83. The van der Waals surface area contributed by atoms with E-state index < -0.39 is 11.4 Å². The lowest BCUT2D eigenvalue weighted by Gasteiger charge is -2.18. The molecule has 0 saturated heterocycles. The van der Waals surface area contributed by atoms with Crippen LogP contribution in [0.1, 0.15) is 19.5 Å². The smallest absolute Gasteiger partial charge is 0.332 e. The molecule has 2 heterocycles. The van der Waals surface area contributed by atoms with Crippen molar-refractivity contribution in [2.45, 2.75) is 19.3 Å². The maximum Gasteiger partial charge on any atom is 0.332 e. The summed E-state index contributed by atoms with van der Waals surface area (Å²) in [5.74, 6) is -0.582. The zero-order chi connectivity index (χ0) is 13.2. The molecule has 0 aliphatic rings. The number of fused-ring (bicyclic) bond motifs is 1. The Kier molecular flexibility index (Phi) is 3.26. The van der Waals surface area contributed by atoms with E-state index in [-0.39, 0.29) is 6.61 Å². The number of nitriles is 1. The summed E-state index contributed by atoms with van der Waals surface area (Å²) < 4.78 is 5.71. The molecule has 0 aliphatic carbocycles. The molecule has 0 radical (unpaired) electrons. The van der Waals surface area contributed by atoms with Gasteiger partial charge in [-0.3, -0.25) is 0 Å². The summed E-state index contributed by atoms with van der Waals surface area (Å²) in [6.07, 6.45) is 1.36. The molecule has 0 fully saturated rings. The number of rotatable bonds is 3. The first-order valence-electron chi connectivity index (χ1n) is 5.40. The van der Waals surface area contributed by atoms with Crippen LogP contribution in [0.5, 0.6) is 0 Å². The molecule has 92 valence electrons. The molecule has 6 heteroatoms. The summed E-state index contributed by atoms with van der Waals surface area (Å²) in [6.45, 7) is 3.46. The second kappa shape index (κ2) is 4.70. The lowest BCUT2D eigenvalue weighted by atomic mass is 9.88. The van der Waals surface area contributed by atoms with Crippen molar-refractivity contribution in [3.8, 4) is 6.07 Å². The molecular formula is C12H11N3O2S. The monoisotopic (exact) mass is 261 g/mol. The highest BCUT2D eigenvalue weighted by Gasteiger charge is 2.40. The maximum absolute atomic E-state index is 12.0. The van der Waals surface area contributed by atoms with Gasteiger partial charge >= 0.3 is 5.97 Å². The van der Waals surface area contributed by atoms with Crippen molar-refractivity contribution in [3.63, 3.8) is 0 Å².